The van der Waals surface area contributed by atoms with E-state index in [-0.39, 0.29) is 5.97 Å². The highest BCUT2D eigenvalue weighted by molar-refractivity contribution is 7.80. The average molecular weight is 450 g/mol. The standard InChI is InChI=1S/C19H17Cl2N5O2S/c1-2-28-17(27)13-4-6-14(7-5-13)23-19(29)24-18-22-11-26(25-18)10-12-3-8-15(20)16(21)9-12/h3-9,11H,2,10H2,1H3,(H2,23,24,25,29). The minimum Gasteiger partial charge on any atom is -0.462 e. The molecule has 0 saturated heterocycles. The van der Waals surface area contributed by atoms with E-state index >= 15 is 0 Å². The van der Waals surface area contributed by atoms with Crippen molar-refractivity contribution < 1.29 is 9.53 Å². The van der Waals surface area contributed by atoms with Crippen molar-refractivity contribution in [3.8, 4) is 0 Å². The number of carbonyl (C=O) groups excluding carboxylic acids is 1. The minimum atomic E-state index is -0.364. The first-order chi connectivity index (χ1) is 13.9. The van der Waals surface area contributed by atoms with Crippen molar-refractivity contribution in [2.24, 2.45) is 0 Å². The Morgan fingerprint density at radius 2 is 1.90 bits per heavy atom. The zero-order chi connectivity index (χ0) is 20.8. The molecule has 1 aromatic heterocycles. The van der Waals surface area contributed by atoms with E-state index in [1.165, 1.54) is 0 Å². The molecule has 0 saturated carbocycles. The Kier molecular flexibility index (Phi) is 7.03. The number of nitrogens with zero attached hydrogens (tertiary/aromatic N) is 3. The van der Waals surface area contributed by atoms with Gasteiger partial charge >= 0.3 is 5.97 Å². The fraction of sp³-hybridized carbons (Fsp3) is 0.158. The van der Waals surface area contributed by atoms with E-state index in [1.54, 1.807) is 54.3 Å². The molecule has 3 aromatic rings. The number of rotatable bonds is 6. The SMILES string of the molecule is CCOC(=O)c1ccc(NC(=S)Nc2ncn(Cc3ccc(Cl)c(Cl)c3)n2)cc1. The Labute approximate surface area is 183 Å². The number of benzene rings is 2. The molecular formula is C19H17Cl2N5O2S. The lowest BCUT2D eigenvalue weighted by Crippen LogP contribution is -2.20. The quantitative estimate of drug-likeness (QED) is 0.419. The zero-order valence-corrected chi connectivity index (χ0v) is 17.7. The van der Waals surface area contributed by atoms with Crippen LogP contribution in [0.4, 0.5) is 11.6 Å². The second-order valence-corrected chi connectivity index (χ2v) is 7.11. The van der Waals surface area contributed by atoms with E-state index in [0.29, 0.717) is 45.5 Å². The summed E-state index contributed by atoms with van der Waals surface area (Å²) in [6.45, 7) is 2.58. The van der Waals surface area contributed by atoms with Gasteiger partial charge in [-0.2, -0.15) is 0 Å². The van der Waals surface area contributed by atoms with Crippen molar-refractivity contribution in [3.05, 3.63) is 70.0 Å². The van der Waals surface area contributed by atoms with Gasteiger partial charge in [-0.1, -0.05) is 29.3 Å². The van der Waals surface area contributed by atoms with Crippen LogP contribution in [-0.4, -0.2) is 32.5 Å². The second kappa shape index (κ2) is 9.69. The maximum Gasteiger partial charge on any atom is 0.338 e. The fourth-order valence-electron chi connectivity index (χ4n) is 2.42. The molecule has 0 aliphatic carbocycles. The predicted molar refractivity (Wildman–Crippen MR) is 118 cm³/mol. The van der Waals surface area contributed by atoms with Crippen molar-refractivity contribution in [1.82, 2.24) is 14.8 Å². The molecule has 3 rings (SSSR count). The van der Waals surface area contributed by atoms with Crippen molar-refractivity contribution in [3.63, 3.8) is 0 Å². The predicted octanol–water partition coefficient (Wildman–Crippen LogP) is 4.62. The summed E-state index contributed by atoms with van der Waals surface area (Å²) in [4.78, 5) is 15.9. The highest BCUT2D eigenvalue weighted by Crippen LogP contribution is 2.23. The molecule has 0 amide bonds. The van der Waals surface area contributed by atoms with Crippen LogP contribution in [0.25, 0.3) is 0 Å². The Hall–Kier alpha value is -2.68. The van der Waals surface area contributed by atoms with Crippen LogP contribution in [0.5, 0.6) is 0 Å². The lowest BCUT2D eigenvalue weighted by Gasteiger charge is -2.08. The van der Waals surface area contributed by atoms with Crippen molar-refractivity contribution >= 4 is 58.1 Å². The zero-order valence-electron chi connectivity index (χ0n) is 15.4. The summed E-state index contributed by atoms with van der Waals surface area (Å²) in [6.07, 6.45) is 1.58. The Morgan fingerprint density at radius 1 is 1.14 bits per heavy atom. The molecule has 7 nitrogen and oxygen atoms in total. The molecule has 0 spiro atoms. The number of aromatic nitrogens is 3. The van der Waals surface area contributed by atoms with Gasteiger partial charge in [0.15, 0.2) is 5.11 Å². The second-order valence-electron chi connectivity index (χ2n) is 5.89. The Bertz CT molecular complexity index is 1020. The van der Waals surface area contributed by atoms with E-state index in [0.717, 1.165) is 5.56 Å². The maximum atomic E-state index is 11.7. The maximum absolute atomic E-state index is 11.7. The first-order valence-electron chi connectivity index (χ1n) is 8.63. The molecule has 0 atom stereocenters. The summed E-state index contributed by atoms with van der Waals surface area (Å²) >= 11 is 17.2. The molecule has 29 heavy (non-hydrogen) atoms. The summed E-state index contributed by atoms with van der Waals surface area (Å²) in [5.74, 6) is -0.0119. The van der Waals surface area contributed by atoms with Crippen LogP contribution in [0, 0.1) is 0 Å². The molecule has 0 unspecified atom stereocenters. The number of ether oxygens (including phenoxy) is 1. The third kappa shape index (κ3) is 5.90. The fourth-order valence-corrected chi connectivity index (χ4v) is 2.95. The molecule has 0 radical (unpaired) electrons. The molecule has 150 valence electrons. The molecule has 0 aliphatic rings. The number of nitrogens with one attached hydrogen (secondary N) is 2. The number of anilines is 2. The van der Waals surface area contributed by atoms with Crippen LogP contribution < -0.4 is 10.6 Å². The van der Waals surface area contributed by atoms with Gasteiger partial charge in [0.2, 0.25) is 5.95 Å². The summed E-state index contributed by atoms with van der Waals surface area (Å²) in [5.41, 5.74) is 2.13. The number of halogens is 2. The minimum absolute atomic E-state index is 0.321. The molecule has 0 bridgehead atoms. The van der Waals surface area contributed by atoms with Gasteiger partial charge in [-0.15, -0.1) is 5.10 Å². The topological polar surface area (TPSA) is 81.1 Å². The van der Waals surface area contributed by atoms with Crippen LogP contribution in [0.3, 0.4) is 0 Å². The smallest absolute Gasteiger partial charge is 0.338 e. The first-order valence-corrected chi connectivity index (χ1v) is 9.79. The lowest BCUT2D eigenvalue weighted by atomic mass is 10.2. The van der Waals surface area contributed by atoms with Crippen molar-refractivity contribution in [2.75, 3.05) is 17.2 Å². The number of hydrogen-bond donors (Lipinski definition) is 2. The van der Waals surface area contributed by atoms with Gasteiger partial charge in [-0.3, -0.25) is 5.32 Å². The molecule has 0 fully saturated rings. The third-order valence-corrected chi connectivity index (χ3v) is 4.69. The van der Waals surface area contributed by atoms with Gasteiger partial charge in [-0.25, -0.2) is 14.5 Å². The summed E-state index contributed by atoms with van der Waals surface area (Å²) in [5, 5.41) is 11.6. The van der Waals surface area contributed by atoms with E-state index in [9.17, 15) is 4.79 Å². The van der Waals surface area contributed by atoms with Crippen LogP contribution in [0.15, 0.2) is 48.8 Å². The van der Waals surface area contributed by atoms with Gasteiger partial charge in [0, 0.05) is 5.69 Å². The summed E-state index contributed by atoms with van der Waals surface area (Å²) < 4.78 is 6.61. The summed E-state index contributed by atoms with van der Waals surface area (Å²) in [7, 11) is 0. The van der Waals surface area contributed by atoms with Crippen LogP contribution >= 0.6 is 35.4 Å². The van der Waals surface area contributed by atoms with Crippen LogP contribution in [-0.2, 0) is 11.3 Å². The monoisotopic (exact) mass is 449 g/mol. The van der Waals surface area contributed by atoms with Crippen molar-refractivity contribution in [2.45, 2.75) is 13.5 Å². The Balaban J connectivity index is 1.56. The average Bonchev–Trinajstić information content (AvgIpc) is 3.12. The molecule has 10 heteroatoms. The van der Waals surface area contributed by atoms with Gasteiger partial charge in [0.25, 0.3) is 0 Å². The first kappa shape index (κ1) is 21.0. The van der Waals surface area contributed by atoms with Crippen LogP contribution in [0.2, 0.25) is 10.0 Å². The summed E-state index contributed by atoms with van der Waals surface area (Å²) in [6, 6.07) is 12.2. The van der Waals surface area contributed by atoms with E-state index in [2.05, 4.69) is 20.7 Å². The Morgan fingerprint density at radius 3 is 2.59 bits per heavy atom. The van der Waals surface area contributed by atoms with E-state index < -0.39 is 0 Å². The largest absolute Gasteiger partial charge is 0.462 e. The van der Waals surface area contributed by atoms with Crippen molar-refractivity contribution in [1.29, 1.82) is 0 Å². The number of thiocarbonyl (C=S) groups is 1. The molecule has 0 aliphatic heterocycles. The number of hydrogen-bond acceptors (Lipinski definition) is 5. The van der Waals surface area contributed by atoms with Crippen LogP contribution in [0.1, 0.15) is 22.8 Å². The normalized spacial score (nSPS) is 10.4. The van der Waals surface area contributed by atoms with Gasteiger partial charge in [0.05, 0.1) is 28.8 Å². The van der Waals surface area contributed by atoms with E-state index in [1.807, 2.05) is 6.07 Å². The van der Waals surface area contributed by atoms with Gasteiger partial charge < -0.3 is 10.1 Å². The molecule has 2 aromatic carbocycles. The van der Waals surface area contributed by atoms with Gasteiger partial charge in [0.1, 0.15) is 6.33 Å². The highest BCUT2D eigenvalue weighted by atomic mass is 35.5. The lowest BCUT2D eigenvalue weighted by molar-refractivity contribution is 0.0526. The number of carbonyl (C=O) groups is 1. The molecular weight excluding hydrogens is 433 g/mol. The number of esters is 1. The highest BCUT2D eigenvalue weighted by Gasteiger charge is 2.08. The molecule has 2 N–H and O–H groups in total. The molecule has 1 heterocycles. The third-order valence-electron chi connectivity index (χ3n) is 3.74. The van der Waals surface area contributed by atoms with E-state index in [4.69, 9.17) is 40.2 Å². The van der Waals surface area contributed by atoms with Gasteiger partial charge in [-0.05, 0) is 61.1 Å².